The number of hydrogen-bond acceptors (Lipinski definition) is 4. The topological polar surface area (TPSA) is 84.7 Å². The smallest absolute Gasteiger partial charge is 0.253 e. The van der Waals surface area contributed by atoms with Gasteiger partial charge in [-0.25, -0.2) is 0 Å². The molecule has 1 heterocycles. The molecule has 0 unspecified atom stereocenters. The summed E-state index contributed by atoms with van der Waals surface area (Å²) in [5.41, 5.74) is 7.82. The first kappa shape index (κ1) is 21.4. The Kier molecular flexibility index (Phi) is 8.25. The van der Waals surface area contributed by atoms with Gasteiger partial charge in [0.05, 0.1) is 6.10 Å². The van der Waals surface area contributed by atoms with Gasteiger partial charge in [0.15, 0.2) is 0 Å². The number of benzene rings is 1. The van der Waals surface area contributed by atoms with Crippen LogP contribution in [0.25, 0.3) is 0 Å². The van der Waals surface area contributed by atoms with Gasteiger partial charge in [-0.05, 0) is 62.4 Å². The van der Waals surface area contributed by atoms with Crippen LogP contribution in [-0.2, 0) is 9.53 Å². The average Bonchev–Trinajstić information content (AvgIpc) is 2.63. The van der Waals surface area contributed by atoms with Gasteiger partial charge in [-0.2, -0.15) is 0 Å². The summed E-state index contributed by atoms with van der Waals surface area (Å²) in [7, 11) is 0. The molecule has 0 aliphatic carbocycles. The molecule has 1 aliphatic heterocycles. The number of aryl methyl sites for hydroxylation is 1. The van der Waals surface area contributed by atoms with E-state index in [-0.39, 0.29) is 17.9 Å². The molecule has 1 aromatic carbocycles. The Hall–Kier alpha value is -1.92. The zero-order valence-corrected chi connectivity index (χ0v) is 16.8. The lowest BCUT2D eigenvalue weighted by molar-refractivity contribution is -0.116. The second-order valence-electron chi connectivity index (χ2n) is 7.68. The maximum Gasteiger partial charge on any atom is 0.253 e. The second kappa shape index (κ2) is 10.4. The average molecular weight is 376 g/mol. The molecule has 0 spiro atoms. The lowest BCUT2D eigenvalue weighted by Crippen LogP contribution is -2.41. The van der Waals surface area contributed by atoms with E-state index in [9.17, 15) is 9.59 Å². The van der Waals surface area contributed by atoms with E-state index in [2.05, 4.69) is 5.32 Å². The van der Waals surface area contributed by atoms with Crippen LogP contribution < -0.4 is 11.1 Å². The fourth-order valence-electron chi connectivity index (χ4n) is 3.25. The molecule has 2 rings (SSSR count). The van der Waals surface area contributed by atoms with Crippen molar-refractivity contribution >= 4 is 17.5 Å². The second-order valence-corrected chi connectivity index (χ2v) is 7.68. The first-order chi connectivity index (χ1) is 12.9. The molecule has 6 heteroatoms. The van der Waals surface area contributed by atoms with Gasteiger partial charge in [-0.1, -0.05) is 13.8 Å². The monoisotopic (exact) mass is 375 g/mol. The van der Waals surface area contributed by atoms with Gasteiger partial charge in [0, 0.05) is 37.4 Å². The summed E-state index contributed by atoms with van der Waals surface area (Å²) < 4.78 is 5.80. The predicted molar refractivity (Wildman–Crippen MR) is 108 cm³/mol. The van der Waals surface area contributed by atoms with Crippen molar-refractivity contribution in [3.63, 3.8) is 0 Å². The largest absolute Gasteiger partial charge is 0.378 e. The van der Waals surface area contributed by atoms with Crippen LogP contribution in [-0.4, -0.2) is 49.1 Å². The van der Waals surface area contributed by atoms with Gasteiger partial charge in [-0.3, -0.25) is 9.59 Å². The highest BCUT2D eigenvalue weighted by molar-refractivity contribution is 5.96. The summed E-state index contributed by atoms with van der Waals surface area (Å²) in [4.78, 5) is 26.6. The molecule has 1 aliphatic rings. The molecular formula is C21H33N3O3. The number of ether oxygens (including phenoxy) is 1. The highest BCUT2D eigenvalue weighted by Gasteiger charge is 2.24. The predicted octanol–water partition coefficient (Wildman–Crippen LogP) is 2.95. The molecule has 0 aromatic heterocycles. The molecule has 27 heavy (non-hydrogen) atoms. The number of carbonyl (C=O) groups excluding carboxylic acids is 2. The van der Waals surface area contributed by atoms with Gasteiger partial charge < -0.3 is 20.7 Å². The fraction of sp³-hybridized carbons (Fsp3) is 0.619. The first-order valence-corrected chi connectivity index (χ1v) is 9.92. The van der Waals surface area contributed by atoms with E-state index in [1.54, 1.807) is 6.07 Å². The van der Waals surface area contributed by atoms with Crippen LogP contribution in [0.2, 0.25) is 0 Å². The van der Waals surface area contributed by atoms with Crippen LogP contribution in [0.5, 0.6) is 0 Å². The molecule has 0 bridgehead atoms. The molecule has 1 fully saturated rings. The van der Waals surface area contributed by atoms with E-state index in [1.165, 1.54) is 0 Å². The minimum atomic E-state index is 0.00360. The van der Waals surface area contributed by atoms with Gasteiger partial charge in [0.25, 0.3) is 5.91 Å². The number of anilines is 1. The summed E-state index contributed by atoms with van der Waals surface area (Å²) >= 11 is 0. The summed E-state index contributed by atoms with van der Waals surface area (Å²) in [5.74, 6) is 0.357. The third-order valence-corrected chi connectivity index (χ3v) is 4.77. The maximum atomic E-state index is 12.8. The molecule has 1 aromatic rings. The van der Waals surface area contributed by atoms with Crippen LogP contribution in [0.3, 0.4) is 0 Å². The van der Waals surface area contributed by atoms with Crippen LogP contribution in [0.1, 0.15) is 55.5 Å². The van der Waals surface area contributed by atoms with E-state index < -0.39 is 0 Å². The SMILES string of the molecule is Cc1cc(C(=O)N2CCC(OCCCN)CC2)ccc1NC(=O)CC(C)C. The minimum absolute atomic E-state index is 0.00360. The maximum absolute atomic E-state index is 12.8. The standard InChI is InChI=1S/C21H33N3O3/c1-15(2)13-20(25)23-19-6-5-17(14-16(19)3)21(26)24-10-7-18(8-11-24)27-12-4-9-22/h5-6,14-15,18H,4,7-13,22H2,1-3H3,(H,23,25). The molecule has 2 amide bonds. The van der Waals surface area contributed by atoms with E-state index in [0.717, 1.165) is 30.5 Å². The third kappa shape index (κ3) is 6.63. The molecule has 0 radical (unpaired) electrons. The van der Waals surface area contributed by atoms with Gasteiger partial charge >= 0.3 is 0 Å². The van der Waals surface area contributed by atoms with E-state index >= 15 is 0 Å². The number of likely N-dealkylation sites (tertiary alicyclic amines) is 1. The van der Waals surface area contributed by atoms with Crippen LogP contribution in [0, 0.1) is 12.8 Å². The van der Waals surface area contributed by atoms with E-state index in [0.29, 0.717) is 44.1 Å². The molecular weight excluding hydrogens is 342 g/mol. The lowest BCUT2D eigenvalue weighted by atomic mass is 10.0. The highest BCUT2D eigenvalue weighted by Crippen LogP contribution is 2.21. The van der Waals surface area contributed by atoms with Gasteiger partial charge in [-0.15, -0.1) is 0 Å². The number of piperidine rings is 1. The highest BCUT2D eigenvalue weighted by atomic mass is 16.5. The van der Waals surface area contributed by atoms with Crippen molar-refractivity contribution in [1.29, 1.82) is 0 Å². The Morgan fingerprint density at radius 1 is 1.30 bits per heavy atom. The fourth-order valence-corrected chi connectivity index (χ4v) is 3.25. The summed E-state index contributed by atoms with van der Waals surface area (Å²) in [5, 5.41) is 2.93. The summed E-state index contributed by atoms with van der Waals surface area (Å²) in [6, 6.07) is 5.48. The van der Waals surface area contributed by atoms with Gasteiger partial charge in [0.1, 0.15) is 0 Å². The van der Waals surface area contributed by atoms with Gasteiger partial charge in [0.2, 0.25) is 5.91 Å². The lowest BCUT2D eigenvalue weighted by Gasteiger charge is -2.32. The van der Waals surface area contributed by atoms with Crippen molar-refractivity contribution in [1.82, 2.24) is 4.90 Å². The molecule has 0 atom stereocenters. The van der Waals surface area contributed by atoms with Crippen molar-refractivity contribution in [2.24, 2.45) is 11.7 Å². The molecule has 3 N–H and O–H groups in total. The minimum Gasteiger partial charge on any atom is -0.378 e. The first-order valence-electron chi connectivity index (χ1n) is 9.92. The molecule has 0 saturated carbocycles. The van der Waals surface area contributed by atoms with Crippen molar-refractivity contribution in [3.05, 3.63) is 29.3 Å². The number of carbonyl (C=O) groups is 2. The Labute approximate surface area is 162 Å². The van der Waals surface area contributed by atoms with Crippen LogP contribution >= 0.6 is 0 Å². The Morgan fingerprint density at radius 3 is 2.59 bits per heavy atom. The van der Waals surface area contributed by atoms with Crippen molar-refractivity contribution in [2.75, 3.05) is 31.6 Å². The number of rotatable bonds is 8. The summed E-state index contributed by atoms with van der Waals surface area (Å²) in [6.45, 7) is 8.69. The van der Waals surface area contributed by atoms with Crippen molar-refractivity contribution in [3.8, 4) is 0 Å². The quantitative estimate of drug-likeness (QED) is 0.684. The van der Waals surface area contributed by atoms with E-state index in [1.807, 2.05) is 37.8 Å². The number of nitrogens with two attached hydrogens (primary N) is 1. The number of nitrogens with zero attached hydrogens (tertiary/aromatic N) is 1. The molecule has 150 valence electrons. The Balaban J connectivity index is 1.90. The number of hydrogen-bond donors (Lipinski definition) is 2. The Bertz CT molecular complexity index is 638. The number of amides is 2. The Morgan fingerprint density at radius 2 is 2.00 bits per heavy atom. The van der Waals surface area contributed by atoms with Crippen LogP contribution in [0.4, 0.5) is 5.69 Å². The summed E-state index contributed by atoms with van der Waals surface area (Å²) in [6.07, 6.45) is 3.30. The molecule has 1 saturated heterocycles. The van der Waals surface area contributed by atoms with Crippen molar-refractivity contribution < 1.29 is 14.3 Å². The van der Waals surface area contributed by atoms with E-state index in [4.69, 9.17) is 10.5 Å². The van der Waals surface area contributed by atoms with Crippen molar-refractivity contribution in [2.45, 2.75) is 52.6 Å². The zero-order chi connectivity index (χ0) is 19.8. The number of nitrogens with one attached hydrogen (secondary N) is 1. The van der Waals surface area contributed by atoms with Crippen LogP contribution in [0.15, 0.2) is 18.2 Å². The third-order valence-electron chi connectivity index (χ3n) is 4.77. The normalized spacial score (nSPS) is 15.2. The zero-order valence-electron chi connectivity index (χ0n) is 16.8. The molecule has 6 nitrogen and oxygen atoms in total.